The quantitative estimate of drug-likeness (QED) is 0.155. The first kappa shape index (κ1) is 33.7. The van der Waals surface area contributed by atoms with Gasteiger partial charge in [0.15, 0.2) is 5.58 Å². The molecule has 2 aliphatic heterocycles. The maximum atomic E-state index is 9.18. The molecule has 65 heavy (non-hydrogen) atoms. The second-order valence-electron chi connectivity index (χ2n) is 16.6. The van der Waals surface area contributed by atoms with Crippen LogP contribution in [0.4, 0.5) is 34.1 Å². The molecule has 0 atom stereocenters. The van der Waals surface area contributed by atoms with Gasteiger partial charge in [-0.1, -0.05) is 210 Å². The number of fused-ring (bicyclic) bond motifs is 8. The highest BCUT2D eigenvalue weighted by molar-refractivity contribution is 9.10. The Morgan fingerprint density at radius 1 is 0.415 bits per heavy atom. The predicted octanol–water partition coefficient (Wildman–Crippen LogP) is 15.1. The van der Waals surface area contributed by atoms with Crippen LogP contribution in [0.1, 0.15) is 5.48 Å². The van der Waals surface area contributed by atoms with Gasteiger partial charge < -0.3 is 14.2 Å². The monoisotopic (exact) mass is 896 g/mol. The fourth-order valence-corrected chi connectivity index (χ4v) is 10.6. The van der Waals surface area contributed by atoms with Crippen LogP contribution in [-0.4, -0.2) is 6.71 Å². The number of nitrogens with zero attached hydrogens (tertiary/aromatic N) is 2. The minimum atomic E-state index is -0.327. The number of hydrogen-bond donors (Lipinski definition) is 0. The van der Waals surface area contributed by atoms with E-state index in [0.29, 0.717) is 16.4 Å². The fraction of sp³-hybridized carbons (Fsp3) is 0. The highest BCUT2D eigenvalue weighted by atomic mass is 79.9. The molecule has 0 radical (unpaired) electrons. The fourth-order valence-electron chi connectivity index (χ4n) is 10.3. The van der Waals surface area contributed by atoms with Crippen LogP contribution >= 0.6 is 15.9 Å². The van der Waals surface area contributed by atoms with E-state index in [2.05, 4.69) is 214 Å². The summed E-state index contributed by atoms with van der Waals surface area (Å²) < 4.78 is 43.5. The number of furan rings is 1. The molecule has 13 rings (SSSR count). The van der Waals surface area contributed by atoms with Gasteiger partial charge in [0.2, 0.25) is 0 Å². The zero-order valence-electron chi connectivity index (χ0n) is 38.9. The van der Waals surface area contributed by atoms with E-state index in [1.807, 2.05) is 18.2 Å². The van der Waals surface area contributed by atoms with Gasteiger partial charge in [-0.05, 0) is 80.6 Å². The number of anilines is 6. The summed E-state index contributed by atoms with van der Waals surface area (Å²) in [6.07, 6.45) is 0. The predicted molar refractivity (Wildman–Crippen MR) is 277 cm³/mol. The molecule has 0 unspecified atom stereocenters. The molecule has 10 aromatic carbocycles. The first-order chi connectivity index (χ1) is 33.9. The molecule has 2 aliphatic rings. The van der Waals surface area contributed by atoms with Crippen molar-refractivity contribution in [2.75, 3.05) is 9.80 Å². The number of benzene rings is 10. The summed E-state index contributed by atoms with van der Waals surface area (Å²) in [6, 6.07) is 71.8. The van der Waals surface area contributed by atoms with Gasteiger partial charge in [-0.25, -0.2) is 0 Å². The highest BCUT2D eigenvalue weighted by Gasteiger charge is 2.46. The molecular weight excluding hydrogens is 855 g/mol. The maximum absolute atomic E-state index is 9.18. The van der Waals surface area contributed by atoms with Gasteiger partial charge in [-0.2, -0.15) is 0 Å². The zero-order chi connectivity index (χ0) is 46.5. The van der Waals surface area contributed by atoms with E-state index >= 15 is 0 Å². The Labute approximate surface area is 392 Å². The van der Waals surface area contributed by atoms with Crippen molar-refractivity contribution in [3.05, 3.63) is 235 Å². The van der Waals surface area contributed by atoms with Crippen LogP contribution in [0, 0.1) is 0 Å². The summed E-state index contributed by atoms with van der Waals surface area (Å²) >= 11 is 3.94. The van der Waals surface area contributed by atoms with Crippen LogP contribution in [-0.2, 0) is 0 Å². The molecule has 1 aromatic heterocycles. The summed E-state index contributed by atoms with van der Waals surface area (Å²) in [5.41, 5.74) is 18.1. The second-order valence-corrected chi connectivity index (χ2v) is 17.5. The molecule has 0 N–H and O–H groups in total. The lowest BCUT2D eigenvalue weighted by Crippen LogP contribution is -2.61. The number of hydrogen-bond acceptors (Lipinski definition) is 3. The lowest BCUT2D eigenvalue weighted by molar-refractivity contribution is 0.669. The van der Waals surface area contributed by atoms with Crippen molar-refractivity contribution in [2.45, 2.75) is 0 Å². The number of halogens is 1. The topological polar surface area (TPSA) is 19.6 Å². The van der Waals surface area contributed by atoms with Crippen molar-refractivity contribution in [3.8, 4) is 44.5 Å². The molecule has 0 spiro atoms. The van der Waals surface area contributed by atoms with Gasteiger partial charge >= 0.3 is 0 Å². The first-order valence-electron chi connectivity index (χ1n) is 23.8. The van der Waals surface area contributed by atoms with Gasteiger partial charge in [0.1, 0.15) is 5.58 Å². The summed E-state index contributed by atoms with van der Waals surface area (Å²) in [5, 5.41) is 0.989. The van der Waals surface area contributed by atoms with Gasteiger partial charge in [-0.15, -0.1) is 0 Å². The third-order valence-corrected chi connectivity index (χ3v) is 13.5. The molecule has 0 amide bonds. The molecule has 0 fully saturated rings. The second kappa shape index (κ2) is 15.2. The van der Waals surface area contributed by atoms with Crippen molar-refractivity contribution in [1.82, 2.24) is 0 Å². The lowest BCUT2D eigenvalue weighted by atomic mass is 9.33. The Morgan fingerprint density at radius 2 is 0.954 bits per heavy atom. The normalized spacial score (nSPS) is 13.5. The summed E-state index contributed by atoms with van der Waals surface area (Å²) in [6.45, 7) is -0.305. The average Bonchev–Trinajstić information content (AvgIpc) is 3.81. The van der Waals surface area contributed by atoms with Crippen molar-refractivity contribution in [3.63, 3.8) is 0 Å². The summed E-state index contributed by atoms with van der Waals surface area (Å²) in [7, 11) is 0. The highest BCUT2D eigenvalue weighted by Crippen LogP contribution is 2.53. The Balaban J connectivity index is 1.22. The van der Waals surface area contributed by atoms with Gasteiger partial charge in [0.25, 0.3) is 6.71 Å². The van der Waals surface area contributed by atoms with Crippen LogP contribution in [0.2, 0.25) is 0 Å². The SMILES string of the molecule is [2H]c1c([2H])c([2H])c2c(oc3c4c(ccc32)B2c3ccc(Br)cc3N(c3c(-c5ccccc5)cccc3-c3ccccc3)c3cc(-c5ccccc5)cc(c32)N4c2ccccc2-c2ccccc2)c1[2H]. The van der Waals surface area contributed by atoms with Crippen LogP contribution < -0.4 is 26.2 Å². The first-order valence-corrected chi connectivity index (χ1v) is 22.6. The van der Waals surface area contributed by atoms with Crippen molar-refractivity contribution < 1.29 is 9.90 Å². The van der Waals surface area contributed by atoms with Crippen molar-refractivity contribution >= 4 is 95.1 Å². The van der Waals surface area contributed by atoms with Gasteiger partial charge in [0, 0.05) is 49.0 Å². The molecule has 11 aromatic rings. The maximum Gasteiger partial charge on any atom is 0.252 e. The zero-order valence-corrected chi connectivity index (χ0v) is 36.5. The molecular formula is C60H38BBrN2O. The largest absolute Gasteiger partial charge is 0.454 e. The number of rotatable bonds is 6. The number of para-hydroxylation sites is 3. The van der Waals surface area contributed by atoms with E-state index in [1.54, 1.807) is 0 Å². The average molecular weight is 898 g/mol. The van der Waals surface area contributed by atoms with E-state index < -0.39 is 0 Å². The summed E-state index contributed by atoms with van der Waals surface area (Å²) in [5.74, 6) is 0. The standard InChI is InChI=1S/C60H38BBrN2O/c62-44-32-34-50-53(38-44)64(58-46(41-22-9-3-10-23-41)28-17-29-47(58)42-24-11-4-12-25-42)55-37-43(39-18-5-1-6-19-39)36-54-57(55)61(50)51-35-33-49-48-27-14-16-31-56(48)65-60(49)59(51)63(54)52-30-15-13-26-45(52)40-20-7-2-8-21-40/h1-38H/i14D,16D,27D,31D. The van der Waals surface area contributed by atoms with Crippen LogP contribution in [0.15, 0.2) is 239 Å². The molecule has 0 bridgehead atoms. The minimum absolute atomic E-state index is 0.124. The molecule has 0 aliphatic carbocycles. The van der Waals surface area contributed by atoms with E-state index in [0.717, 1.165) is 99.5 Å². The van der Waals surface area contributed by atoms with E-state index in [9.17, 15) is 1.37 Å². The minimum Gasteiger partial charge on any atom is -0.454 e. The van der Waals surface area contributed by atoms with Gasteiger partial charge in [-0.3, -0.25) is 0 Å². The Bertz CT molecular complexity index is 3810. The van der Waals surface area contributed by atoms with Crippen LogP contribution in [0.5, 0.6) is 0 Å². The molecule has 3 nitrogen and oxygen atoms in total. The Kier molecular flexibility index (Phi) is 7.85. The molecule has 304 valence electrons. The third-order valence-electron chi connectivity index (χ3n) is 13.0. The lowest BCUT2D eigenvalue weighted by Gasteiger charge is -2.45. The van der Waals surface area contributed by atoms with E-state index in [4.69, 9.17) is 8.53 Å². The molecule has 5 heteroatoms. The Morgan fingerprint density at radius 3 is 1.62 bits per heavy atom. The van der Waals surface area contributed by atoms with Crippen molar-refractivity contribution in [1.29, 1.82) is 0 Å². The van der Waals surface area contributed by atoms with Crippen molar-refractivity contribution in [2.24, 2.45) is 0 Å². The molecule has 3 heterocycles. The van der Waals surface area contributed by atoms with Crippen LogP contribution in [0.3, 0.4) is 0 Å². The molecule has 0 saturated heterocycles. The smallest absolute Gasteiger partial charge is 0.252 e. The van der Waals surface area contributed by atoms with E-state index in [1.165, 1.54) is 0 Å². The Hall–Kier alpha value is -7.86. The van der Waals surface area contributed by atoms with E-state index in [-0.39, 0.29) is 36.5 Å². The van der Waals surface area contributed by atoms with Crippen LogP contribution in [0.25, 0.3) is 66.4 Å². The summed E-state index contributed by atoms with van der Waals surface area (Å²) in [4.78, 5) is 4.83. The molecule has 0 saturated carbocycles. The third kappa shape index (κ3) is 5.96. The van der Waals surface area contributed by atoms with Gasteiger partial charge in [0.05, 0.1) is 22.5 Å².